The van der Waals surface area contributed by atoms with Crippen molar-refractivity contribution in [3.8, 4) is 11.5 Å². The van der Waals surface area contributed by atoms with E-state index in [0.717, 1.165) is 5.69 Å². The molecule has 0 spiro atoms. The number of carbonyl (C=O) groups is 1. The molecule has 9 heteroatoms. The summed E-state index contributed by atoms with van der Waals surface area (Å²) in [6.07, 6.45) is 1.54. The van der Waals surface area contributed by atoms with Crippen LogP contribution in [0.15, 0.2) is 57.9 Å². The van der Waals surface area contributed by atoms with Gasteiger partial charge >= 0.3 is 0 Å². The zero-order chi connectivity index (χ0) is 22.2. The fourth-order valence-electron chi connectivity index (χ4n) is 3.73. The molecule has 0 bridgehead atoms. The third-order valence-corrected chi connectivity index (χ3v) is 6.27. The van der Waals surface area contributed by atoms with E-state index in [4.69, 9.17) is 27.6 Å². The highest BCUT2D eigenvalue weighted by molar-refractivity contribution is 6.43. The molecule has 2 aromatic heterocycles. The van der Waals surface area contributed by atoms with E-state index in [0.29, 0.717) is 47.7 Å². The van der Waals surface area contributed by atoms with E-state index in [2.05, 4.69) is 10.00 Å². The van der Waals surface area contributed by atoms with Crippen LogP contribution in [0.25, 0.3) is 11.5 Å². The number of hydrogen-bond donors (Lipinski definition) is 0. The van der Waals surface area contributed by atoms with Gasteiger partial charge in [-0.05, 0) is 44.2 Å². The average Bonchev–Trinajstić information content (AvgIpc) is 3.30. The summed E-state index contributed by atoms with van der Waals surface area (Å²) in [6, 6.07) is 12.0. The SMILES string of the molecule is CC(C)(C(=O)N1CCN(c2cccc(Cl)c2Cl)CC1)n1nc(-c2ccco2)ccc1=O. The van der Waals surface area contributed by atoms with Gasteiger partial charge < -0.3 is 14.2 Å². The zero-order valence-corrected chi connectivity index (χ0v) is 18.7. The molecule has 4 rings (SSSR count). The van der Waals surface area contributed by atoms with Crippen molar-refractivity contribution in [2.45, 2.75) is 19.4 Å². The summed E-state index contributed by atoms with van der Waals surface area (Å²) >= 11 is 12.5. The summed E-state index contributed by atoms with van der Waals surface area (Å²) < 4.78 is 6.61. The predicted octanol–water partition coefficient (Wildman–Crippen LogP) is 3.89. The molecule has 31 heavy (non-hydrogen) atoms. The van der Waals surface area contributed by atoms with E-state index in [9.17, 15) is 9.59 Å². The number of carbonyl (C=O) groups excluding carboxylic acids is 1. The number of aromatic nitrogens is 2. The van der Waals surface area contributed by atoms with E-state index < -0.39 is 5.54 Å². The van der Waals surface area contributed by atoms with E-state index in [1.807, 2.05) is 12.1 Å². The summed E-state index contributed by atoms with van der Waals surface area (Å²) in [5.74, 6) is 0.361. The van der Waals surface area contributed by atoms with Crippen LogP contribution in [0.4, 0.5) is 5.69 Å². The van der Waals surface area contributed by atoms with Gasteiger partial charge in [-0.2, -0.15) is 5.10 Å². The van der Waals surface area contributed by atoms with Crippen molar-refractivity contribution in [3.63, 3.8) is 0 Å². The monoisotopic (exact) mass is 460 g/mol. The van der Waals surface area contributed by atoms with Crippen molar-refractivity contribution >= 4 is 34.8 Å². The molecular weight excluding hydrogens is 439 g/mol. The number of piperazine rings is 1. The van der Waals surface area contributed by atoms with Gasteiger partial charge in [0.25, 0.3) is 5.56 Å². The molecule has 1 aliphatic rings. The maximum Gasteiger partial charge on any atom is 0.267 e. The van der Waals surface area contributed by atoms with Gasteiger partial charge in [0.05, 0.1) is 22.0 Å². The molecular formula is C22H22Cl2N4O3. The Morgan fingerprint density at radius 1 is 1.03 bits per heavy atom. The Morgan fingerprint density at radius 3 is 2.45 bits per heavy atom. The van der Waals surface area contributed by atoms with Crippen LogP contribution in [0.3, 0.4) is 0 Å². The van der Waals surface area contributed by atoms with Crippen molar-refractivity contribution < 1.29 is 9.21 Å². The summed E-state index contributed by atoms with van der Waals surface area (Å²) in [4.78, 5) is 29.8. The molecule has 0 aliphatic carbocycles. The highest BCUT2D eigenvalue weighted by Crippen LogP contribution is 2.33. The maximum atomic E-state index is 13.4. The third-order valence-electron chi connectivity index (χ3n) is 5.47. The molecule has 1 aliphatic heterocycles. The molecule has 0 saturated carbocycles. The Kier molecular flexibility index (Phi) is 5.81. The van der Waals surface area contributed by atoms with E-state index in [-0.39, 0.29) is 11.5 Å². The van der Waals surface area contributed by atoms with Crippen molar-refractivity contribution in [1.29, 1.82) is 0 Å². The minimum Gasteiger partial charge on any atom is -0.463 e. The molecule has 162 valence electrons. The van der Waals surface area contributed by atoms with Crippen LogP contribution in [0.2, 0.25) is 10.0 Å². The molecule has 1 amide bonds. The fourth-order valence-corrected chi connectivity index (χ4v) is 4.15. The second kappa shape index (κ2) is 8.40. The lowest BCUT2D eigenvalue weighted by Gasteiger charge is -2.39. The van der Waals surface area contributed by atoms with Crippen molar-refractivity contribution in [3.05, 3.63) is 69.1 Å². The largest absolute Gasteiger partial charge is 0.463 e. The second-order valence-electron chi connectivity index (χ2n) is 7.86. The molecule has 0 radical (unpaired) electrons. The van der Waals surface area contributed by atoms with Crippen LogP contribution in [0, 0.1) is 0 Å². The number of amides is 1. The van der Waals surface area contributed by atoms with E-state index in [1.165, 1.54) is 17.0 Å². The van der Waals surface area contributed by atoms with Crippen molar-refractivity contribution in [1.82, 2.24) is 14.7 Å². The van der Waals surface area contributed by atoms with Gasteiger partial charge in [-0.1, -0.05) is 29.3 Å². The molecule has 3 heterocycles. The molecule has 3 aromatic rings. The Balaban J connectivity index is 1.53. The summed E-state index contributed by atoms with van der Waals surface area (Å²) in [5.41, 5.74) is -0.163. The summed E-state index contributed by atoms with van der Waals surface area (Å²) in [7, 11) is 0. The van der Waals surface area contributed by atoms with Gasteiger partial charge in [-0.15, -0.1) is 0 Å². The minimum atomic E-state index is -1.16. The smallest absolute Gasteiger partial charge is 0.267 e. The molecule has 1 fully saturated rings. The Bertz CT molecular complexity index is 1150. The average molecular weight is 461 g/mol. The van der Waals surface area contributed by atoms with Gasteiger partial charge in [-0.3, -0.25) is 9.59 Å². The molecule has 7 nitrogen and oxygen atoms in total. The number of rotatable bonds is 4. The van der Waals surface area contributed by atoms with Crippen LogP contribution < -0.4 is 10.5 Å². The molecule has 0 atom stereocenters. The van der Waals surface area contributed by atoms with Gasteiger partial charge in [0.2, 0.25) is 5.91 Å². The zero-order valence-electron chi connectivity index (χ0n) is 17.2. The third kappa shape index (κ3) is 4.07. The number of nitrogens with zero attached hydrogens (tertiary/aromatic N) is 4. The normalized spacial score (nSPS) is 14.7. The van der Waals surface area contributed by atoms with Crippen LogP contribution in [-0.2, 0) is 10.3 Å². The first kappa shape index (κ1) is 21.5. The predicted molar refractivity (Wildman–Crippen MR) is 121 cm³/mol. The van der Waals surface area contributed by atoms with E-state index in [1.54, 1.807) is 43.0 Å². The number of furan rings is 1. The lowest BCUT2D eigenvalue weighted by atomic mass is 10.0. The van der Waals surface area contributed by atoms with Gasteiger partial charge in [0.1, 0.15) is 11.2 Å². The Labute approximate surface area is 189 Å². The number of anilines is 1. The number of hydrogen-bond acceptors (Lipinski definition) is 5. The minimum absolute atomic E-state index is 0.171. The fraction of sp³-hybridized carbons (Fsp3) is 0.318. The standard InChI is InChI=1S/C22H22Cl2N4O3/c1-22(2,28-19(29)9-8-16(25-28)18-7-4-14-31-18)21(30)27-12-10-26(11-13-27)17-6-3-5-15(23)20(17)24/h3-9,14H,10-13H2,1-2H3. The molecule has 1 saturated heterocycles. The Morgan fingerprint density at radius 2 is 1.77 bits per heavy atom. The van der Waals surface area contributed by atoms with Crippen LogP contribution in [0.5, 0.6) is 0 Å². The van der Waals surface area contributed by atoms with E-state index >= 15 is 0 Å². The first-order chi connectivity index (χ1) is 14.8. The molecule has 0 N–H and O–H groups in total. The number of halogens is 2. The van der Waals surface area contributed by atoms with Crippen LogP contribution in [0.1, 0.15) is 13.8 Å². The van der Waals surface area contributed by atoms with Gasteiger partial charge in [-0.25, -0.2) is 4.68 Å². The topological polar surface area (TPSA) is 71.6 Å². The number of benzene rings is 1. The highest BCUT2D eigenvalue weighted by Gasteiger charge is 2.37. The van der Waals surface area contributed by atoms with Crippen LogP contribution >= 0.6 is 23.2 Å². The van der Waals surface area contributed by atoms with Gasteiger partial charge in [0.15, 0.2) is 5.76 Å². The first-order valence-corrected chi connectivity index (χ1v) is 10.7. The lowest BCUT2D eigenvalue weighted by Crippen LogP contribution is -2.56. The molecule has 0 unspecified atom stereocenters. The van der Waals surface area contributed by atoms with Crippen LogP contribution in [-0.4, -0.2) is 46.8 Å². The lowest BCUT2D eigenvalue weighted by molar-refractivity contribution is -0.140. The molecule has 1 aromatic carbocycles. The second-order valence-corrected chi connectivity index (χ2v) is 8.64. The maximum absolute atomic E-state index is 13.4. The summed E-state index contributed by atoms with van der Waals surface area (Å²) in [5, 5.41) is 5.42. The Hall–Kier alpha value is -2.77. The van der Waals surface area contributed by atoms with Gasteiger partial charge in [0, 0.05) is 32.2 Å². The summed E-state index contributed by atoms with van der Waals surface area (Å²) in [6.45, 7) is 5.62. The highest BCUT2D eigenvalue weighted by atomic mass is 35.5. The van der Waals surface area contributed by atoms with Crippen molar-refractivity contribution in [2.24, 2.45) is 0 Å². The quantitative estimate of drug-likeness (QED) is 0.590. The first-order valence-electron chi connectivity index (χ1n) is 9.92. The van der Waals surface area contributed by atoms with Crippen molar-refractivity contribution in [2.75, 3.05) is 31.1 Å².